The summed E-state index contributed by atoms with van der Waals surface area (Å²) in [5, 5.41) is 13.5. The van der Waals surface area contributed by atoms with Crippen LogP contribution in [0.3, 0.4) is 0 Å². The lowest BCUT2D eigenvalue weighted by Gasteiger charge is -2.23. The number of aliphatic carboxylic acids is 1. The minimum Gasteiger partial charge on any atom is -0.480 e. The molecule has 1 heterocycles. The van der Waals surface area contributed by atoms with Crippen molar-refractivity contribution in [1.29, 1.82) is 0 Å². The van der Waals surface area contributed by atoms with Crippen molar-refractivity contribution in [3.63, 3.8) is 0 Å². The molecule has 0 saturated carbocycles. The van der Waals surface area contributed by atoms with Crippen LogP contribution >= 0.6 is 0 Å². The topological polar surface area (TPSA) is 75.4 Å². The van der Waals surface area contributed by atoms with Gasteiger partial charge in [0.15, 0.2) is 0 Å². The standard InChI is InChI=1S/C19H25N3O3/c1-13(2)10-21(12-18(23)24)19(25)17-7-5-6-16(9-17)11-22-15(4)8-14(3)20-22/h5-9,13H,10-12H2,1-4H3,(H,23,24). The van der Waals surface area contributed by atoms with E-state index in [-0.39, 0.29) is 18.4 Å². The molecule has 0 aliphatic rings. The predicted octanol–water partition coefficient (Wildman–Crippen LogP) is 2.73. The monoisotopic (exact) mass is 343 g/mol. The fourth-order valence-electron chi connectivity index (χ4n) is 2.82. The zero-order valence-electron chi connectivity index (χ0n) is 15.2. The molecule has 1 aromatic heterocycles. The third kappa shape index (κ3) is 5.17. The van der Waals surface area contributed by atoms with Crippen molar-refractivity contribution in [2.24, 2.45) is 5.92 Å². The van der Waals surface area contributed by atoms with E-state index in [0.29, 0.717) is 18.7 Å². The van der Waals surface area contributed by atoms with Crippen molar-refractivity contribution in [3.8, 4) is 0 Å². The summed E-state index contributed by atoms with van der Waals surface area (Å²) in [5.41, 5.74) is 3.47. The van der Waals surface area contributed by atoms with Crippen molar-refractivity contribution in [3.05, 3.63) is 52.8 Å². The highest BCUT2D eigenvalue weighted by atomic mass is 16.4. The van der Waals surface area contributed by atoms with Gasteiger partial charge >= 0.3 is 5.97 Å². The van der Waals surface area contributed by atoms with Crippen molar-refractivity contribution in [2.75, 3.05) is 13.1 Å². The second-order valence-corrected chi connectivity index (χ2v) is 6.76. The van der Waals surface area contributed by atoms with Crippen molar-refractivity contribution in [2.45, 2.75) is 34.2 Å². The molecule has 0 spiro atoms. The lowest BCUT2D eigenvalue weighted by Crippen LogP contribution is -2.38. The maximum atomic E-state index is 12.7. The Balaban J connectivity index is 2.22. The van der Waals surface area contributed by atoms with Crippen molar-refractivity contribution >= 4 is 11.9 Å². The number of amides is 1. The van der Waals surface area contributed by atoms with Gasteiger partial charge in [-0.1, -0.05) is 26.0 Å². The van der Waals surface area contributed by atoms with Gasteiger partial charge in [0.05, 0.1) is 12.2 Å². The minimum atomic E-state index is -1.01. The van der Waals surface area contributed by atoms with Gasteiger partial charge in [0.25, 0.3) is 5.91 Å². The average molecular weight is 343 g/mol. The lowest BCUT2D eigenvalue weighted by atomic mass is 10.1. The van der Waals surface area contributed by atoms with Crippen LogP contribution in [0.1, 0.15) is 41.2 Å². The van der Waals surface area contributed by atoms with E-state index >= 15 is 0 Å². The van der Waals surface area contributed by atoms with Crippen LogP contribution in [0.25, 0.3) is 0 Å². The third-order valence-electron chi connectivity index (χ3n) is 3.81. The molecule has 0 bridgehead atoms. The largest absolute Gasteiger partial charge is 0.480 e. The van der Waals surface area contributed by atoms with Crippen LogP contribution in [-0.2, 0) is 11.3 Å². The van der Waals surface area contributed by atoms with Crippen LogP contribution in [0, 0.1) is 19.8 Å². The molecule has 6 heteroatoms. The number of carbonyl (C=O) groups excluding carboxylic acids is 1. The van der Waals surface area contributed by atoms with Crippen LogP contribution in [-0.4, -0.2) is 44.8 Å². The first-order chi connectivity index (χ1) is 11.8. The number of nitrogens with zero attached hydrogens (tertiary/aromatic N) is 3. The molecule has 2 aromatic rings. The second kappa shape index (κ2) is 7.96. The summed E-state index contributed by atoms with van der Waals surface area (Å²) >= 11 is 0. The minimum absolute atomic E-state index is 0.196. The normalized spacial score (nSPS) is 10.9. The van der Waals surface area contributed by atoms with Crippen molar-refractivity contribution in [1.82, 2.24) is 14.7 Å². The SMILES string of the molecule is Cc1cc(C)n(Cc2cccc(C(=O)N(CC(=O)O)CC(C)C)c2)n1. The Morgan fingerprint density at radius 2 is 1.96 bits per heavy atom. The van der Waals surface area contributed by atoms with Crippen LogP contribution in [0.4, 0.5) is 0 Å². The van der Waals surface area contributed by atoms with Gasteiger partial charge in [-0.15, -0.1) is 0 Å². The lowest BCUT2D eigenvalue weighted by molar-refractivity contribution is -0.137. The summed E-state index contributed by atoms with van der Waals surface area (Å²) < 4.78 is 1.89. The van der Waals surface area contributed by atoms with Gasteiger partial charge in [-0.05, 0) is 43.5 Å². The number of carbonyl (C=O) groups is 2. The Labute approximate surface area is 148 Å². The number of aromatic nitrogens is 2. The highest BCUT2D eigenvalue weighted by Gasteiger charge is 2.19. The molecule has 0 aliphatic heterocycles. The predicted molar refractivity (Wildman–Crippen MR) is 95.6 cm³/mol. The summed E-state index contributed by atoms with van der Waals surface area (Å²) in [6.07, 6.45) is 0. The summed E-state index contributed by atoms with van der Waals surface area (Å²) in [6.45, 7) is 8.55. The zero-order valence-corrected chi connectivity index (χ0v) is 15.2. The number of aryl methyl sites for hydroxylation is 2. The second-order valence-electron chi connectivity index (χ2n) is 6.76. The van der Waals surface area contributed by atoms with E-state index in [9.17, 15) is 9.59 Å². The van der Waals surface area contributed by atoms with Gasteiger partial charge in [0.2, 0.25) is 0 Å². The van der Waals surface area contributed by atoms with Crippen LogP contribution in [0.2, 0.25) is 0 Å². The average Bonchev–Trinajstić information content (AvgIpc) is 2.83. The molecule has 0 unspecified atom stereocenters. The maximum Gasteiger partial charge on any atom is 0.323 e. The fourth-order valence-corrected chi connectivity index (χ4v) is 2.82. The first kappa shape index (κ1) is 18.7. The Hall–Kier alpha value is -2.63. The van der Waals surface area contributed by atoms with Crippen LogP contribution in [0.5, 0.6) is 0 Å². The number of carboxylic acids is 1. The molecular formula is C19H25N3O3. The third-order valence-corrected chi connectivity index (χ3v) is 3.81. The molecular weight excluding hydrogens is 318 g/mol. The van der Waals surface area contributed by atoms with E-state index in [2.05, 4.69) is 5.10 Å². The molecule has 6 nitrogen and oxygen atoms in total. The number of benzene rings is 1. The summed E-state index contributed by atoms with van der Waals surface area (Å²) in [4.78, 5) is 25.2. The van der Waals surface area contributed by atoms with E-state index < -0.39 is 5.97 Å². The number of hydrogen-bond acceptors (Lipinski definition) is 3. The summed E-state index contributed by atoms with van der Waals surface area (Å²) in [6, 6.07) is 9.31. The Morgan fingerprint density at radius 3 is 2.52 bits per heavy atom. The zero-order chi connectivity index (χ0) is 18.6. The van der Waals surface area contributed by atoms with Gasteiger partial charge < -0.3 is 10.0 Å². The maximum absolute atomic E-state index is 12.7. The molecule has 1 N–H and O–H groups in total. The number of rotatable bonds is 7. The van der Waals surface area contributed by atoms with E-state index in [4.69, 9.17) is 5.11 Å². The Kier molecular flexibility index (Phi) is 5.96. The first-order valence-electron chi connectivity index (χ1n) is 8.37. The molecule has 0 aliphatic carbocycles. The van der Waals surface area contributed by atoms with Crippen molar-refractivity contribution < 1.29 is 14.7 Å². The van der Waals surface area contributed by atoms with Gasteiger partial charge in [0, 0.05) is 17.8 Å². The van der Waals surface area contributed by atoms with E-state index in [1.165, 1.54) is 4.90 Å². The molecule has 25 heavy (non-hydrogen) atoms. The quantitative estimate of drug-likeness (QED) is 0.839. The molecule has 0 radical (unpaired) electrons. The van der Waals surface area contributed by atoms with Gasteiger partial charge in [0.1, 0.15) is 6.54 Å². The van der Waals surface area contributed by atoms with Gasteiger partial charge in [-0.2, -0.15) is 5.10 Å². The summed E-state index contributed by atoms with van der Waals surface area (Å²) in [7, 11) is 0. The fraction of sp³-hybridized carbons (Fsp3) is 0.421. The van der Waals surface area contributed by atoms with Gasteiger partial charge in [-0.3, -0.25) is 14.3 Å². The number of hydrogen-bond donors (Lipinski definition) is 1. The Morgan fingerprint density at radius 1 is 1.24 bits per heavy atom. The smallest absolute Gasteiger partial charge is 0.323 e. The Bertz CT molecular complexity index is 765. The molecule has 1 aromatic carbocycles. The highest BCUT2D eigenvalue weighted by molar-refractivity contribution is 5.96. The van der Waals surface area contributed by atoms with E-state index in [0.717, 1.165) is 17.0 Å². The van der Waals surface area contributed by atoms with Crippen LogP contribution < -0.4 is 0 Å². The molecule has 0 saturated heterocycles. The molecule has 0 atom stereocenters. The summed E-state index contributed by atoms with van der Waals surface area (Å²) in [5.74, 6) is -1.07. The highest BCUT2D eigenvalue weighted by Crippen LogP contribution is 2.13. The molecule has 1 amide bonds. The van der Waals surface area contributed by atoms with E-state index in [1.807, 2.05) is 56.6 Å². The first-order valence-corrected chi connectivity index (χ1v) is 8.37. The number of carboxylic acid groups (broad SMARTS) is 1. The molecule has 134 valence electrons. The van der Waals surface area contributed by atoms with Crippen LogP contribution in [0.15, 0.2) is 30.3 Å². The molecule has 0 fully saturated rings. The van der Waals surface area contributed by atoms with E-state index in [1.54, 1.807) is 6.07 Å². The molecule has 2 rings (SSSR count). The van der Waals surface area contributed by atoms with Gasteiger partial charge in [-0.25, -0.2) is 0 Å².